The molecule has 0 aliphatic heterocycles. The Morgan fingerprint density at radius 3 is 2.86 bits per heavy atom. The van der Waals surface area contributed by atoms with Crippen molar-refractivity contribution in [3.8, 4) is 5.13 Å². The highest BCUT2D eigenvalue weighted by Gasteiger charge is 2.19. The molecule has 0 aromatic carbocycles. The second-order valence-corrected chi connectivity index (χ2v) is 5.20. The Morgan fingerprint density at radius 2 is 2.24 bits per heavy atom. The molecule has 0 unspecified atom stereocenters. The van der Waals surface area contributed by atoms with Gasteiger partial charge in [-0.15, -0.1) is 11.3 Å². The molecule has 0 atom stereocenters. The highest BCUT2D eigenvalue weighted by Crippen LogP contribution is 2.20. The second-order valence-electron chi connectivity index (χ2n) is 4.32. The molecule has 0 aliphatic rings. The first-order chi connectivity index (χ1) is 9.99. The van der Waals surface area contributed by atoms with Crippen LogP contribution in [0.5, 0.6) is 0 Å². The molecule has 21 heavy (non-hydrogen) atoms. The van der Waals surface area contributed by atoms with E-state index in [1.54, 1.807) is 5.38 Å². The lowest BCUT2D eigenvalue weighted by Gasteiger charge is -2.10. The predicted molar refractivity (Wildman–Crippen MR) is 74.7 cm³/mol. The lowest BCUT2D eigenvalue weighted by Crippen LogP contribution is -2.20. The molecule has 0 radical (unpaired) electrons. The number of nitrogens with zero attached hydrogens (tertiary/aromatic N) is 3. The fourth-order valence-corrected chi connectivity index (χ4v) is 2.71. The van der Waals surface area contributed by atoms with Crippen LogP contribution >= 0.6 is 11.3 Å². The Morgan fingerprint density at radius 1 is 1.48 bits per heavy atom. The zero-order chi connectivity index (χ0) is 15.1. The van der Waals surface area contributed by atoms with Gasteiger partial charge >= 0.3 is 5.97 Å². The third-order valence-electron chi connectivity index (χ3n) is 2.98. The highest BCUT2D eigenvalue weighted by molar-refractivity contribution is 7.12. The number of aromatic nitrogens is 3. The summed E-state index contributed by atoms with van der Waals surface area (Å²) in [6.45, 7) is 1.53. The van der Waals surface area contributed by atoms with Crippen LogP contribution in [-0.2, 0) is 0 Å². The highest BCUT2D eigenvalue weighted by atomic mass is 32.1. The summed E-state index contributed by atoms with van der Waals surface area (Å²) in [5, 5.41) is 11.3. The number of carboxylic acids is 1. The lowest BCUT2D eigenvalue weighted by molar-refractivity contribution is 0.0695. The van der Waals surface area contributed by atoms with Crippen molar-refractivity contribution < 1.29 is 14.3 Å². The lowest BCUT2D eigenvalue weighted by atomic mass is 10.1. The van der Waals surface area contributed by atoms with E-state index in [-0.39, 0.29) is 11.0 Å². The third-order valence-corrected chi connectivity index (χ3v) is 3.75. The second kappa shape index (κ2) is 4.74. The summed E-state index contributed by atoms with van der Waals surface area (Å²) >= 11 is 1.22. The topological polar surface area (TPSA) is 85.1 Å². The van der Waals surface area contributed by atoms with Gasteiger partial charge in [-0.05, 0) is 18.6 Å². The van der Waals surface area contributed by atoms with E-state index >= 15 is 0 Å². The molecule has 0 amide bonds. The van der Waals surface area contributed by atoms with Gasteiger partial charge in [0.15, 0.2) is 10.8 Å². The number of aromatic carboxylic acids is 1. The minimum atomic E-state index is -1.35. The maximum Gasteiger partial charge on any atom is 0.341 e. The number of halogens is 1. The van der Waals surface area contributed by atoms with E-state index in [9.17, 15) is 14.0 Å². The molecule has 8 heteroatoms. The molecular weight excluding hydrogens is 297 g/mol. The molecule has 3 aromatic rings. The van der Waals surface area contributed by atoms with Gasteiger partial charge in [-0.25, -0.2) is 14.8 Å². The number of fused-ring (bicyclic) bond motifs is 1. The summed E-state index contributed by atoms with van der Waals surface area (Å²) in [6.07, 6.45) is 2.65. The zero-order valence-corrected chi connectivity index (χ0v) is 11.5. The normalized spacial score (nSPS) is 11.0. The maximum atomic E-state index is 13.6. The van der Waals surface area contributed by atoms with Gasteiger partial charge in [-0.3, -0.25) is 9.36 Å². The number of pyridine rings is 2. The largest absolute Gasteiger partial charge is 0.477 e. The summed E-state index contributed by atoms with van der Waals surface area (Å²) in [7, 11) is 0. The Bertz CT molecular complexity index is 919. The van der Waals surface area contributed by atoms with Crippen LogP contribution in [-0.4, -0.2) is 25.6 Å². The number of carbonyl (C=O) groups is 1. The monoisotopic (exact) mass is 305 g/mol. The number of hydrogen-bond donors (Lipinski definition) is 1. The average Bonchev–Trinajstić information content (AvgIpc) is 2.91. The van der Waals surface area contributed by atoms with E-state index in [0.29, 0.717) is 10.7 Å². The molecule has 3 heterocycles. The smallest absolute Gasteiger partial charge is 0.341 e. The first-order valence-corrected chi connectivity index (χ1v) is 6.72. The Hall–Kier alpha value is -2.61. The molecule has 1 N–H and O–H groups in total. The third kappa shape index (κ3) is 2.09. The number of hydrogen-bond acceptors (Lipinski definition) is 5. The molecule has 0 saturated carbocycles. The standard InChI is InChI=1S/C13H8FN3O3S/c1-6-4-8(14)16-11-9(6)10(18)7(12(19)20)5-17(11)13-15-2-3-21-13/h2-5H,1H3,(H,19,20). The Balaban J connectivity index is 2.55. The number of aryl methyl sites for hydroxylation is 1. The molecule has 3 rings (SSSR count). The van der Waals surface area contributed by atoms with Crippen molar-refractivity contribution in [1.82, 2.24) is 14.5 Å². The minimum absolute atomic E-state index is 0.0532. The molecule has 0 saturated heterocycles. The molecule has 106 valence electrons. The first-order valence-electron chi connectivity index (χ1n) is 5.84. The van der Waals surface area contributed by atoms with Crippen molar-refractivity contribution in [3.05, 3.63) is 51.1 Å². The van der Waals surface area contributed by atoms with Crippen molar-refractivity contribution in [1.29, 1.82) is 0 Å². The molecular formula is C13H8FN3O3S. The van der Waals surface area contributed by atoms with Gasteiger partial charge in [0.1, 0.15) is 5.56 Å². The SMILES string of the molecule is Cc1cc(F)nc2c1c(=O)c(C(=O)O)cn2-c1nccs1. The van der Waals surface area contributed by atoms with E-state index < -0.39 is 22.9 Å². The van der Waals surface area contributed by atoms with Gasteiger partial charge in [0.05, 0.1) is 5.39 Å². The average molecular weight is 305 g/mol. The summed E-state index contributed by atoms with van der Waals surface area (Å²) in [5.41, 5.74) is -0.710. The van der Waals surface area contributed by atoms with E-state index in [4.69, 9.17) is 5.11 Å². The zero-order valence-electron chi connectivity index (χ0n) is 10.7. The van der Waals surface area contributed by atoms with Gasteiger partial charge in [0.25, 0.3) is 0 Å². The predicted octanol–water partition coefficient (Wildman–Crippen LogP) is 1.99. The van der Waals surface area contributed by atoms with Crippen LogP contribution in [0.2, 0.25) is 0 Å². The van der Waals surface area contributed by atoms with Crippen LogP contribution in [0, 0.1) is 12.9 Å². The van der Waals surface area contributed by atoms with Crippen LogP contribution < -0.4 is 5.43 Å². The Kier molecular flexibility index (Phi) is 3.02. The van der Waals surface area contributed by atoms with Crippen molar-refractivity contribution in [2.45, 2.75) is 6.92 Å². The quantitative estimate of drug-likeness (QED) is 0.732. The van der Waals surface area contributed by atoms with Crippen LogP contribution in [0.3, 0.4) is 0 Å². The number of thiazole rings is 1. The van der Waals surface area contributed by atoms with Gasteiger partial charge in [0.2, 0.25) is 11.4 Å². The van der Waals surface area contributed by atoms with Gasteiger partial charge in [-0.2, -0.15) is 4.39 Å². The molecule has 0 fully saturated rings. The maximum absolute atomic E-state index is 13.6. The van der Waals surface area contributed by atoms with Crippen molar-refractivity contribution in [3.63, 3.8) is 0 Å². The molecule has 6 nitrogen and oxygen atoms in total. The first kappa shape index (κ1) is 13.4. The fourth-order valence-electron chi connectivity index (χ4n) is 2.09. The van der Waals surface area contributed by atoms with Crippen molar-refractivity contribution in [2.75, 3.05) is 0 Å². The van der Waals surface area contributed by atoms with E-state index in [2.05, 4.69) is 9.97 Å². The van der Waals surface area contributed by atoms with Gasteiger partial charge in [-0.1, -0.05) is 0 Å². The minimum Gasteiger partial charge on any atom is -0.477 e. The van der Waals surface area contributed by atoms with Crippen LogP contribution in [0.15, 0.2) is 28.6 Å². The Labute approximate surface area is 121 Å². The number of rotatable bonds is 2. The van der Waals surface area contributed by atoms with E-state index in [1.165, 1.54) is 29.0 Å². The summed E-state index contributed by atoms with van der Waals surface area (Å²) in [4.78, 5) is 31.3. The van der Waals surface area contributed by atoms with E-state index in [0.717, 1.165) is 12.3 Å². The molecule has 0 bridgehead atoms. The van der Waals surface area contributed by atoms with Crippen molar-refractivity contribution in [2.24, 2.45) is 0 Å². The number of carboxylic acid groups (broad SMARTS) is 1. The van der Waals surface area contributed by atoms with Crippen LogP contribution in [0.1, 0.15) is 15.9 Å². The molecule has 0 aliphatic carbocycles. The molecule has 0 spiro atoms. The summed E-state index contributed by atoms with van der Waals surface area (Å²) in [5.74, 6) is -2.09. The van der Waals surface area contributed by atoms with Crippen molar-refractivity contribution >= 4 is 28.3 Å². The molecule has 3 aromatic heterocycles. The van der Waals surface area contributed by atoms with Crippen LogP contribution in [0.4, 0.5) is 4.39 Å². The summed E-state index contributed by atoms with van der Waals surface area (Å²) < 4.78 is 14.9. The van der Waals surface area contributed by atoms with E-state index in [1.807, 2.05) is 0 Å². The summed E-state index contributed by atoms with van der Waals surface area (Å²) in [6, 6.07) is 1.10. The van der Waals surface area contributed by atoms with Crippen LogP contribution in [0.25, 0.3) is 16.2 Å². The van der Waals surface area contributed by atoms with Gasteiger partial charge in [0, 0.05) is 17.8 Å². The fraction of sp³-hybridized carbons (Fsp3) is 0.0769. The van der Waals surface area contributed by atoms with Gasteiger partial charge < -0.3 is 5.11 Å².